The highest BCUT2D eigenvalue weighted by molar-refractivity contribution is 5.82. The number of hydrogen-bond donors (Lipinski definition) is 2. The van der Waals surface area contributed by atoms with Crippen LogP contribution >= 0.6 is 0 Å². The average molecular weight is 256 g/mol. The van der Waals surface area contributed by atoms with Crippen molar-refractivity contribution in [3.8, 4) is 0 Å². The van der Waals surface area contributed by atoms with Gasteiger partial charge in [0.1, 0.15) is 5.84 Å². The Morgan fingerprint density at radius 3 is 2.89 bits per heavy atom. The van der Waals surface area contributed by atoms with Crippen LogP contribution in [0.5, 0.6) is 0 Å². The van der Waals surface area contributed by atoms with Crippen LogP contribution in [-0.2, 0) is 0 Å². The van der Waals surface area contributed by atoms with Gasteiger partial charge in [-0.2, -0.15) is 0 Å². The third-order valence-electron chi connectivity index (χ3n) is 3.97. The first kappa shape index (κ1) is 15.2. The minimum absolute atomic E-state index is 0.101. The molecular formula is C13H28N4O. The predicted molar refractivity (Wildman–Crippen MR) is 75.0 cm³/mol. The van der Waals surface area contributed by atoms with Gasteiger partial charge in [0, 0.05) is 18.5 Å². The van der Waals surface area contributed by atoms with Gasteiger partial charge in [-0.15, -0.1) is 0 Å². The molecule has 0 aliphatic carbocycles. The largest absolute Gasteiger partial charge is 0.409 e. The number of likely N-dealkylation sites (tertiary alicyclic amines) is 1. The second-order valence-corrected chi connectivity index (χ2v) is 5.61. The predicted octanol–water partition coefficient (Wildman–Crippen LogP) is 1.18. The number of nitrogens with two attached hydrogens (primary N) is 1. The van der Waals surface area contributed by atoms with E-state index in [0.717, 1.165) is 19.1 Å². The summed E-state index contributed by atoms with van der Waals surface area (Å²) in [5, 5.41) is 11.7. The molecule has 0 saturated carbocycles. The Morgan fingerprint density at radius 1 is 1.56 bits per heavy atom. The van der Waals surface area contributed by atoms with Crippen molar-refractivity contribution in [3.63, 3.8) is 0 Å². The van der Waals surface area contributed by atoms with Crippen molar-refractivity contribution in [2.75, 3.05) is 33.7 Å². The van der Waals surface area contributed by atoms with Crippen LogP contribution in [0, 0.1) is 5.92 Å². The Labute approximate surface area is 111 Å². The normalized spacial score (nSPS) is 24.4. The molecule has 0 aromatic heterocycles. The minimum Gasteiger partial charge on any atom is -0.409 e. The summed E-state index contributed by atoms with van der Waals surface area (Å²) in [6, 6.07) is 0.723. The summed E-state index contributed by atoms with van der Waals surface area (Å²) >= 11 is 0. The summed E-state index contributed by atoms with van der Waals surface area (Å²) < 4.78 is 0. The molecule has 1 aliphatic rings. The molecule has 0 bridgehead atoms. The molecule has 2 atom stereocenters. The SMILES string of the molecule is CC(CN(C)CCC1CCCCN1C)C(N)=NO. The number of oxime groups is 1. The summed E-state index contributed by atoms with van der Waals surface area (Å²) in [6.45, 7) is 5.12. The third-order valence-corrected chi connectivity index (χ3v) is 3.97. The van der Waals surface area contributed by atoms with Crippen molar-refractivity contribution in [3.05, 3.63) is 0 Å². The van der Waals surface area contributed by atoms with Crippen molar-refractivity contribution in [2.45, 2.75) is 38.6 Å². The molecule has 5 nitrogen and oxygen atoms in total. The number of rotatable bonds is 6. The summed E-state index contributed by atoms with van der Waals surface area (Å²) in [4.78, 5) is 4.75. The van der Waals surface area contributed by atoms with Gasteiger partial charge in [-0.25, -0.2) is 0 Å². The second kappa shape index (κ2) is 7.59. The molecule has 1 saturated heterocycles. The highest BCUT2D eigenvalue weighted by Crippen LogP contribution is 2.17. The Kier molecular flexibility index (Phi) is 6.43. The summed E-state index contributed by atoms with van der Waals surface area (Å²) in [7, 11) is 4.33. The first-order chi connectivity index (χ1) is 8.54. The quantitative estimate of drug-likeness (QED) is 0.324. The minimum atomic E-state index is 0.101. The molecule has 1 rings (SSSR count). The van der Waals surface area contributed by atoms with E-state index in [9.17, 15) is 0 Å². The third kappa shape index (κ3) is 4.82. The van der Waals surface area contributed by atoms with E-state index in [1.54, 1.807) is 0 Å². The van der Waals surface area contributed by atoms with E-state index in [4.69, 9.17) is 10.9 Å². The fraction of sp³-hybridized carbons (Fsp3) is 0.923. The van der Waals surface area contributed by atoms with E-state index in [2.05, 4.69) is 29.1 Å². The Hall–Kier alpha value is -0.810. The summed E-state index contributed by atoms with van der Waals surface area (Å²) in [6.07, 6.45) is 5.22. The van der Waals surface area contributed by atoms with Crippen LogP contribution < -0.4 is 5.73 Å². The lowest BCUT2D eigenvalue weighted by atomic mass is 10.00. The lowest BCUT2D eigenvalue weighted by Gasteiger charge is -2.33. The number of piperidine rings is 1. The molecule has 0 amide bonds. The van der Waals surface area contributed by atoms with Crippen molar-refractivity contribution in [2.24, 2.45) is 16.8 Å². The smallest absolute Gasteiger partial charge is 0.143 e. The maximum Gasteiger partial charge on any atom is 0.143 e. The van der Waals surface area contributed by atoms with E-state index >= 15 is 0 Å². The van der Waals surface area contributed by atoms with Crippen LogP contribution in [0.3, 0.4) is 0 Å². The molecular weight excluding hydrogens is 228 g/mol. The number of nitrogens with zero attached hydrogens (tertiary/aromatic N) is 3. The van der Waals surface area contributed by atoms with Crippen LogP contribution in [0.4, 0.5) is 0 Å². The number of amidine groups is 1. The molecule has 0 aromatic carbocycles. The van der Waals surface area contributed by atoms with Gasteiger partial charge in [0.15, 0.2) is 0 Å². The molecule has 0 radical (unpaired) electrons. The van der Waals surface area contributed by atoms with E-state index in [-0.39, 0.29) is 5.92 Å². The molecule has 0 spiro atoms. The van der Waals surface area contributed by atoms with E-state index in [1.165, 1.54) is 32.2 Å². The van der Waals surface area contributed by atoms with Gasteiger partial charge in [-0.05, 0) is 46.4 Å². The van der Waals surface area contributed by atoms with Gasteiger partial charge < -0.3 is 20.7 Å². The first-order valence-electron chi connectivity index (χ1n) is 6.90. The molecule has 18 heavy (non-hydrogen) atoms. The van der Waals surface area contributed by atoms with E-state index < -0.39 is 0 Å². The first-order valence-corrected chi connectivity index (χ1v) is 6.90. The molecule has 1 fully saturated rings. The van der Waals surface area contributed by atoms with Gasteiger partial charge in [0.2, 0.25) is 0 Å². The van der Waals surface area contributed by atoms with E-state index in [1.807, 2.05) is 6.92 Å². The molecule has 0 aromatic rings. The van der Waals surface area contributed by atoms with Crippen molar-refractivity contribution in [1.82, 2.24) is 9.80 Å². The van der Waals surface area contributed by atoms with Gasteiger partial charge in [-0.3, -0.25) is 0 Å². The zero-order chi connectivity index (χ0) is 13.5. The Morgan fingerprint density at radius 2 is 2.28 bits per heavy atom. The fourth-order valence-electron chi connectivity index (χ4n) is 2.63. The van der Waals surface area contributed by atoms with Crippen LogP contribution in [-0.4, -0.2) is 60.6 Å². The molecule has 106 valence electrons. The highest BCUT2D eigenvalue weighted by atomic mass is 16.4. The maximum absolute atomic E-state index is 8.62. The van der Waals surface area contributed by atoms with E-state index in [0.29, 0.717) is 5.84 Å². The summed E-state index contributed by atoms with van der Waals surface area (Å²) in [5.74, 6) is 0.417. The maximum atomic E-state index is 8.62. The van der Waals surface area contributed by atoms with Gasteiger partial charge in [-0.1, -0.05) is 18.5 Å². The standard InChI is InChI=1S/C13H28N4O/c1-11(13(14)15-18)10-16(2)9-7-12-6-4-5-8-17(12)3/h11-12,18H,4-10H2,1-3H3,(H2,14,15). The molecule has 3 N–H and O–H groups in total. The molecule has 1 aliphatic heterocycles. The second-order valence-electron chi connectivity index (χ2n) is 5.61. The molecule has 2 unspecified atom stereocenters. The van der Waals surface area contributed by atoms with Crippen LogP contribution in [0.25, 0.3) is 0 Å². The average Bonchev–Trinajstić information content (AvgIpc) is 2.36. The monoisotopic (exact) mass is 256 g/mol. The van der Waals surface area contributed by atoms with Crippen molar-refractivity contribution < 1.29 is 5.21 Å². The van der Waals surface area contributed by atoms with Gasteiger partial charge in [0.05, 0.1) is 0 Å². The van der Waals surface area contributed by atoms with Crippen LogP contribution in [0.1, 0.15) is 32.6 Å². The lowest BCUT2D eigenvalue weighted by Crippen LogP contribution is -2.39. The zero-order valence-electron chi connectivity index (χ0n) is 12.0. The topological polar surface area (TPSA) is 65.1 Å². The zero-order valence-corrected chi connectivity index (χ0v) is 12.0. The van der Waals surface area contributed by atoms with Crippen molar-refractivity contribution in [1.29, 1.82) is 0 Å². The van der Waals surface area contributed by atoms with Gasteiger partial charge in [0.25, 0.3) is 0 Å². The van der Waals surface area contributed by atoms with Crippen molar-refractivity contribution >= 4 is 5.84 Å². The lowest BCUT2D eigenvalue weighted by molar-refractivity contribution is 0.159. The highest BCUT2D eigenvalue weighted by Gasteiger charge is 2.19. The van der Waals surface area contributed by atoms with Crippen LogP contribution in [0.15, 0.2) is 5.16 Å². The Bertz CT molecular complexity index is 270. The molecule has 1 heterocycles. The molecule has 5 heteroatoms. The fourth-order valence-corrected chi connectivity index (χ4v) is 2.63. The summed E-state index contributed by atoms with van der Waals surface area (Å²) in [5.41, 5.74) is 5.59. The van der Waals surface area contributed by atoms with Crippen LogP contribution in [0.2, 0.25) is 0 Å². The van der Waals surface area contributed by atoms with Gasteiger partial charge >= 0.3 is 0 Å². The Balaban J connectivity index is 2.25. The number of hydrogen-bond acceptors (Lipinski definition) is 4.